The SMILES string of the molecule is CCNC(Cc1nc(-c2nccn2C)no1)C1CCCC1. The molecule has 2 aromatic rings. The average Bonchev–Trinajstić information content (AvgIpc) is 3.18. The minimum atomic E-state index is 0.437. The van der Waals surface area contributed by atoms with Gasteiger partial charge in [0.15, 0.2) is 5.82 Å². The summed E-state index contributed by atoms with van der Waals surface area (Å²) in [5, 5.41) is 7.64. The van der Waals surface area contributed by atoms with Crippen LogP contribution in [0.15, 0.2) is 16.9 Å². The maximum absolute atomic E-state index is 5.43. The third-order valence-electron chi connectivity index (χ3n) is 4.32. The fourth-order valence-corrected chi connectivity index (χ4v) is 3.23. The summed E-state index contributed by atoms with van der Waals surface area (Å²) in [7, 11) is 1.93. The zero-order chi connectivity index (χ0) is 14.7. The van der Waals surface area contributed by atoms with Gasteiger partial charge in [0.05, 0.1) is 0 Å². The Bertz CT molecular complexity index is 570. The maximum Gasteiger partial charge on any atom is 0.238 e. The first-order chi connectivity index (χ1) is 10.3. The first kappa shape index (κ1) is 14.3. The molecule has 1 aliphatic carbocycles. The van der Waals surface area contributed by atoms with Gasteiger partial charge >= 0.3 is 0 Å². The van der Waals surface area contributed by atoms with Crippen LogP contribution in [0.2, 0.25) is 0 Å². The van der Waals surface area contributed by atoms with Crippen molar-refractivity contribution in [3.63, 3.8) is 0 Å². The molecule has 6 nitrogen and oxygen atoms in total. The molecule has 2 heterocycles. The smallest absolute Gasteiger partial charge is 0.238 e. The molecule has 21 heavy (non-hydrogen) atoms. The first-order valence-electron chi connectivity index (χ1n) is 7.81. The van der Waals surface area contributed by atoms with Crippen molar-refractivity contribution in [1.82, 2.24) is 25.0 Å². The Labute approximate surface area is 125 Å². The van der Waals surface area contributed by atoms with Crippen molar-refractivity contribution >= 4 is 0 Å². The van der Waals surface area contributed by atoms with Gasteiger partial charge in [-0.15, -0.1) is 0 Å². The molecule has 0 aliphatic heterocycles. The van der Waals surface area contributed by atoms with Crippen LogP contribution in [-0.4, -0.2) is 32.3 Å². The number of hydrogen-bond acceptors (Lipinski definition) is 5. The van der Waals surface area contributed by atoms with Crippen molar-refractivity contribution in [3.05, 3.63) is 18.3 Å². The summed E-state index contributed by atoms with van der Waals surface area (Å²) < 4.78 is 7.32. The van der Waals surface area contributed by atoms with Crippen LogP contribution < -0.4 is 5.32 Å². The summed E-state index contributed by atoms with van der Waals surface area (Å²) in [5.74, 6) is 2.74. The molecular formula is C15H23N5O. The highest BCUT2D eigenvalue weighted by atomic mass is 16.5. The molecule has 1 fully saturated rings. The van der Waals surface area contributed by atoms with E-state index >= 15 is 0 Å². The third-order valence-corrected chi connectivity index (χ3v) is 4.32. The van der Waals surface area contributed by atoms with Crippen molar-refractivity contribution in [2.45, 2.75) is 45.1 Å². The molecule has 0 radical (unpaired) electrons. The molecule has 2 aromatic heterocycles. The van der Waals surface area contributed by atoms with E-state index < -0.39 is 0 Å². The second-order valence-electron chi connectivity index (χ2n) is 5.79. The second-order valence-corrected chi connectivity index (χ2v) is 5.79. The predicted octanol–water partition coefficient (Wildman–Crippen LogP) is 2.18. The Morgan fingerprint density at radius 2 is 2.24 bits per heavy atom. The number of aromatic nitrogens is 4. The number of imidazole rings is 1. The predicted molar refractivity (Wildman–Crippen MR) is 79.6 cm³/mol. The lowest BCUT2D eigenvalue weighted by molar-refractivity contribution is 0.311. The summed E-state index contributed by atoms with van der Waals surface area (Å²) >= 11 is 0. The van der Waals surface area contributed by atoms with Gasteiger partial charge in [-0.25, -0.2) is 4.98 Å². The van der Waals surface area contributed by atoms with E-state index in [-0.39, 0.29) is 0 Å². The fraction of sp³-hybridized carbons (Fsp3) is 0.667. The molecular weight excluding hydrogens is 266 g/mol. The van der Waals surface area contributed by atoms with Crippen LogP contribution >= 0.6 is 0 Å². The van der Waals surface area contributed by atoms with Crippen LogP contribution in [0.5, 0.6) is 0 Å². The van der Waals surface area contributed by atoms with E-state index in [0.29, 0.717) is 17.8 Å². The number of likely N-dealkylation sites (N-methyl/N-ethyl adjacent to an activating group) is 1. The number of rotatable bonds is 6. The topological polar surface area (TPSA) is 68.8 Å². The summed E-state index contributed by atoms with van der Waals surface area (Å²) in [6, 6.07) is 0.437. The van der Waals surface area contributed by atoms with Crippen LogP contribution in [-0.2, 0) is 13.5 Å². The highest BCUT2D eigenvalue weighted by molar-refractivity contribution is 5.42. The Morgan fingerprint density at radius 1 is 1.43 bits per heavy atom. The fourth-order valence-electron chi connectivity index (χ4n) is 3.23. The molecule has 6 heteroatoms. The van der Waals surface area contributed by atoms with Gasteiger partial charge in [-0.2, -0.15) is 4.98 Å². The normalized spacial score (nSPS) is 17.4. The highest BCUT2D eigenvalue weighted by Crippen LogP contribution is 2.29. The lowest BCUT2D eigenvalue weighted by Crippen LogP contribution is -2.37. The molecule has 0 aromatic carbocycles. The summed E-state index contributed by atoms with van der Waals surface area (Å²) in [4.78, 5) is 8.76. The average molecular weight is 289 g/mol. The molecule has 0 amide bonds. The summed E-state index contributed by atoms with van der Waals surface area (Å²) in [6.07, 6.45) is 9.71. The molecule has 1 unspecified atom stereocenters. The molecule has 1 aliphatic rings. The summed E-state index contributed by atoms with van der Waals surface area (Å²) in [5.41, 5.74) is 0. The van der Waals surface area contributed by atoms with Crippen molar-refractivity contribution in [1.29, 1.82) is 0 Å². The zero-order valence-electron chi connectivity index (χ0n) is 12.7. The molecule has 1 atom stereocenters. The number of nitrogens with one attached hydrogen (secondary N) is 1. The minimum Gasteiger partial charge on any atom is -0.339 e. The molecule has 0 saturated heterocycles. The standard InChI is InChI=1S/C15H23N5O/c1-3-16-12(11-6-4-5-7-11)10-13-18-14(19-21-13)15-17-8-9-20(15)2/h8-9,11-12,16H,3-7,10H2,1-2H3. The largest absolute Gasteiger partial charge is 0.339 e. The van der Waals surface area contributed by atoms with E-state index in [1.807, 2.05) is 17.8 Å². The van der Waals surface area contributed by atoms with Gasteiger partial charge in [0.2, 0.25) is 11.7 Å². The Morgan fingerprint density at radius 3 is 2.90 bits per heavy atom. The molecule has 114 valence electrons. The Kier molecular flexibility index (Phi) is 4.34. The molecule has 0 bridgehead atoms. The van der Waals surface area contributed by atoms with Crippen molar-refractivity contribution < 1.29 is 4.52 Å². The number of aryl methyl sites for hydroxylation is 1. The van der Waals surface area contributed by atoms with E-state index in [2.05, 4.69) is 27.4 Å². The van der Waals surface area contributed by atoms with Gasteiger partial charge in [-0.1, -0.05) is 24.9 Å². The Hall–Kier alpha value is -1.69. The van der Waals surface area contributed by atoms with Crippen LogP contribution in [0, 0.1) is 5.92 Å². The molecule has 1 N–H and O–H groups in total. The highest BCUT2D eigenvalue weighted by Gasteiger charge is 2.26. The third kappa shape index (κ3) is 3.15. The monoisotopic (exact) mass is 289 g/mol. The van der Waals surface area contributed by atoms with Gasteiger partial charge in [0.1, 0.15) is 0 Å². The van der Waals surface area contributed by atoms with Gasteiger partial charge in [-0.05, 0) is 25.3 Å². The lowest BCUT2D eigenvalue weighted by Gasteiger charge is -2.22. The van der Waals surface area contributed by atoms with Gasteiger partial charge in [0, 0.05) is 31.9 Å². The number of hydrogen-bond donors (Lipinski definition) is 1. The van der Waals surface area contributed by atoms with Gasteiger partial charge in [0.25, 0.3) is 0 Å². The minimum absolute atomic E-state index is 0.437. The zero-order valence-corrected chi connectivity index (χ0v) is 12.7. The lowest BCUT2D eigenvalue weighted by atomic mass is 9.95. The van der Waals surface area contributed by atoms with Crippen molar-refractivity contribution in [2.75, 3.05) is 6.54 Å². The van der Waals surface area contributed by atoms with E-state index in [1.54, 1.807) is 6.20 Å². The maximum atomic E-state index is 5.43. The molecule has 1 saturated carbocycles. The van der Waals surface area contributed by atoms with E-state index in [4.69, 9.17) is 4.52 Å². The van der Waals surface area contributed by atoms with Crippen LogP contribution in [0.4, 0.5) is 0 Å². The van der Waals surface area contributed by atoms with Crippen LogP contribution in [0.1, 0.15) is 38.5 Å². The van der Waals surface area contributed by atoms with Gasteiger partial charge in [-0.3, -0.25) is 0 Å². The quantitative estimate of drug-likeness (QED) is 0.882. The Balaban J connectivity index is 1.71. The van der Waals surface area contributed by atoms with Crippen LogP contribution in [0.3, 0.4) is 0 Å². The van der Waals surface area contributed by atoms with E-state index in [9.17, 15) is 0 Å². The first-order valence-corrected chi connectivity index (χ1v) is 7.81. The molecule has 3 rings (SSSR count). The summed E-state index contributed by atoms with van der Waals surface area (Å²) in [6.45, 7) is 3.12. The second kappa shape index (κ2) is 6.39. The van der Waals surface area contributed by atoms with Crippen molar-refractivity contribution in [2.24, 2.45) is 13.0 Å². The van der Waals surface area contributed by atoms with Gasteiger partial charge < -0.3 is 14.4 Å². The number of nitrogens with zero attached hydrogens (tertiary/aromatic N) is 4. The van der Waals surface area contributed by atoms with E-state index in [1.165, 1.54) is 25.7 Å². The molecule has 0 spiro atoms. The van der Waals surface area contributed by atoms with E-state index in [0.717, 1.165) is 24.7 Å². The van der Waals surface area contributed by atoms with Crippen molar-refractivity contribution in [3.8, 4) is 11.6 Å². The van der Waals surface area contributed by atoms with Crippen LogP contribution in [0.25, 0.3) is 11.6 Å².